The number of alkyl halides is 3. The molecular formula is C16H22F3NO3. The van der Waals surface area contributed by atoms with Crippen molar-refractivity contribution in [3.63, 3.8) is 0 Å². The monoisotopic (exact) mass is 333 g/mol. The Bertz CT molecular complexity index is 520. The van der Waals surface area contributed by atoms with E-state index in [-0.39, 0.29) is 19.3 Å². The Labute approximate surface area is 134 Å². The van der Waals surface area contributed by atoms with Crippen LogP contribution in [0.4, 0.5) is 13.2 Å². The van der Waals surface area contributed by atoms with Crippen molar-refractivity contribution < 1.29 is 27.4 Å². The molecule has 1 aromatic carbocycles. The molecule has 0 saturated carbocycles. The molecule has 1 aromatic rings. The van der Waals surface area contributed by atoms with E-state index in [0.717, 1.165) is 5.56 Å². The highest BCUT2D eigenvalue weighted by atomic mass is 19.4. The minimum atomic E-state index is -4.33. The van der Waals surface area contributed by atoms with Crippen molar-refractivity contribution in [3.8, 4) is 11.5 Å². The summed E-state index contributed by atoms with van der Waals surface area (Å²) in [6.45, 7) is 4.63. The number of morpholine rings is 1. The molecule has 0 aliphatic carbocycles. The highest BCUT2D eigenvalue weighted by Gasteiger charge is 2.43. The van der Waals surface area contributed by atoms with E-state index >= 15 is 0 Å². The van der Waals surface area contributed by atoms with Gasteiger partial charge in [0.2, 0.25) is 0 Å². The normalized spacial score (nSPS) is 19.9. The zero-order valence-electron chi connectivity index (χ0n) is 13.5. The van der Waals surface area contributed by atoms with Gasteiger partial charge in [0, 0.05) is 19.6 Å². The third-order valence-corrected chi connectivity index (χ3v) is 3.51. The molecule has 0 amide bonds. The van der Waals surface area contributed by atoms with Gasteiger partial charge in [-0.25, -0.2) is 0 Å². The lowest BCUT2D eigenvalue weighted by Gasteiger charge is -2.33. The lowest BCUT2D eigenvalue weighted by atomic mass is 10.1. The summed E-state index contributed by atoms with van der Waals surface area (Å²) in [5.74, 6) is 1.21. The first-order chi connectivity index (χ1) is 10.8. The van der Waals surface area contributed by atoms with Crippen molar-refractivity contribution in [1.29, 1.82) is 0 Å². The third kappa shape index (κ3) is 5.00. The largest absolute Gasteiger partial charge is 0.493 e. The second-order valence-corrected chi connectivity index (χ2v) is 5.79. The van der Waals surface area contributed by atoms with E-state index in [1.54, 1.807) is 24.1 Å². The van der Waals surface area contributed by atoms with Gasteiger partial charge in [-0.3, -0.25) is 4.90 Å². The van der Waals surface area contributed by atoms with Gasteiger partial charge in [-0.05, 0) is 31.5 Å². The third-order valence-electron chi connectivity index (χ3n) is 3.51. The SMILES string of the molecule is COc1cc(CN2CCO[C@@H](C(F)(F)F)C2)ccc1OC(C)C. The number of halogens is 3. The Kier molecular flexibility index (Phi) is 5.75. The Morgan fingerprint density at radius 2 is 2.04 bits per heavy atom. The summed E-state index contributed by atoms with van der Waals surface area (Å²) in [4.78, 5) is 1.74. The summed E-state index contributed by atoms with van der Waals surface area (Å²) in [5, 5.41) is 0. The lowest BCUT2D eigenvalue weighted by molar-refractivity contribution is -0.237. The van der Waals surface area contributed by atoms with E-state index in [1.165, 1.54) is 0 Å². The van der Waals surface area contributed by atoms with E-state index in [2.05, 4.69) is 0 Å². The van der Waals surface area contributed by atoms with Gasteiger partial charge >= 0.3 is 6.18 Å². The molecule has 1 heterocycles. The van der Waals surface area contributed by atoms with Gasteiger partial charge in [-0.15, -0.1) is 0 Å². The maximum Gasteiger partial charge on any atom is 0.415 e. The van der Waals surface area contributed by atoms with Crippen LogP contribution in [0, 0.1) is 0 Å². The van der Waals surface area contributed by atoms with E-state index in [0.29, 0.717) is 24.6 Å². The zero-order chi connectivity index (χ0) is 17.0. The summed E-state index contributed by atoms with van der Waals surface area (Å²) in [6, 6.07) is 5.43. The molecule has 0 N–H and O–H groups in total. The first-order valence-electron chi connectivity index (χ1n) is 7.54. The van der Waals surface area contributed by atoms with Crippen LogP contribution < -0.4 is 9.47 Å². The van der Waals surface area contributed by atoms with Gasteiger partial charge in [0.15, 0.2) is 17.6 Å². The first kappa shape index (κ1) is 17.9. The Hall–Kier alpha value is -1.47. The summed E-state index contributed by atoms with van der Waals surface area (Å²) in [5.41, 5.74) is 0.876. The molecule has 1 saturated heterocycles. The topological polar surface area (TPSA) is 30.9 Å². The zero-order valence-corrected chi connectivity index (χ0v) is 13.5. The molecule has 2 rings (SSSR count). The number of rotatable bonds is 5. The van der Waals surface area contributed by atoms with Crippen LogP contribution in [0.3, 0.4) is 0 Å². The molecule has 0 radical (unpaired) electrons. The first-order valence-corrected chi connectivity index (χ1v) is 7.54. The minimum absolute atomic E-state index is 0.0153. The summed E-state index contributed by atoms with van der Waals surface area (Å²) < 4.78 is 54.0. The van der Waals surface area contributed by atoms with Crippen LogP contribution in [0.1, 0.15) is 19.4 Å². The molecule has 1 fully saturated rings. The van der Waals surface area contributed by atoms with Crippen molar-refractivity contribution in [3.05, 3.63) is 23.8 Å². The van der Waals surface area contributed by atoms with Crippen LogP contribution in [0.25, 0.3) is 0 Å². The van der Waals surface area contributed by atoms with Crippen LogP contribution in [-0.4, -0.2) is 50.1 Å². The molecule has 0 aromatic heterocycles. The Morgan fingerprint density at radius 1 is 1.30 bits per heavy atom. The smallest absolute Gasteiger partial charge is 0.415 e. The lowest BCUT2D eigenvalue weighted by Crippen LogP contribution is -2.48. The number of hydrogen-bond donors (Lipinski definition) is 0. The average Bonchev–Trinajstić information content (AvgIpc) is 2.47. The van der Waals surface area contributed by atoms with E-state index < -0.39 is 12.3 Å². The molecule has 1 aliphatic rings. The highest BCUT2D eigenvalue weighted by molar-refractivity contribution is 5.43. The molecular weight excluding hydrogens is 311 g/mol. The molecule has 4 nitrogen and oxygen atoms in total. The fraction of sp³-hybridized carbons (Fsp3) is 0.625. The van der Waals surface area contributed by atoms with Crippen LogP contribution in [-0.2, 0) is 11.3 Å². The number of ether oxygens (including phenoxy) is 3. The molecule has 23 heavy (non-hydrogen) atoms. The molecule has 0 unspecified atom stereocenters. The van der Waals surface area contributed by atoms with Gasteiger partial charge in [0.1, 0.15) is 0 Å². The number of benzene rings is 1. The maximum absolute atomic E-state index is 12.8. The van der Waals surface area contributed by atoms with Crippen molar-refractivity contribution in [2.75, 3.05) is 26.8 Å². The quantitative estimate of drug-likeness (QED) is 0.828. The van der Waals surface area contributed by atoms with Crippen LogP contribution in [0.15, 0.2) is 18.2 Å². The molecule has 1 atom stereocenters. The maximum atomic E-state index is 12.8. The van der Waals surface area contributed by atoms with E-state index in [1.807, 2.05) is 19.9 Å². The standard InChI is InChI=1S/C16H22F3NO3/c1-11(2)23-13-5-4-12(8-14(13)21-3)9-20-6-7-22-15(10-20)16(17,18)19/h4-5,8,11,15H,6-7,9-10H2,1-3H3/t15-/m1/s1. The Balaban J connectivity index is 2.05. The average molecular weight is 333 g/mol. The second-order valence-electron chi connectivity index (χ2n) is 5.79. The molecule has 1 aliphatic heterocycles. The van der Waals surface area contributed by atoms with Crippen LogP contribution in [0.2, 0.25) is 0 Å². The van der Waals surface area contributed by atoms with Gasteiger partial charge < -0.3 is 14.2 Å². The summed E-state index contributed by atoms with van der Waals surface area (Å²) >= 11 is 0. The van der Waals surface area contributed by atoms with E-state index in [9.17, 15) is 13.2 Å². The molecule has 0 spiro atoms. The molecule has 0 bridgehead atoms. The summed E-state index contributed by atoms with van der Waals surface area (Å²) in [6.07, 6.45) is -6.03. The second kappa shape index (κ2) is 7.40. The molecule has 130 valence electrons. The predicted octanol–water partition coefficient (Wildman–Crippen LogP) is 3.25. The number of nitrogens with zero attached hydrogens (tertiary/aromatic N) is 1. The van der Waals surface area contributed by atoms with Gasteiger partial charge in [-0.2, -0.15) is 13.2 Å². The Morgan fingerprint density at radius 3 is 2.65 bits per heavy atom. The highest BCUT2D eigenvalue weighted by Crippen LogP contribution is 2.30. The number of methoxy groups -OCH3 is 1. The van der Waals surface area contributed by atoms with Gasteiger partial charge in [0.25, 0.3) is 0 Å². The fourth-order valence-corrected chi connectivity index (χ4v) is 2.46. The predicted molar refractivity (Wildman–Crippen MR) is 79.8 cm³/mol. The van der Waals surface area contributed by atoms with Crippen LogP contribution in [0.5, 0.6) is 11.5 Å². The summed E-state index contributed by atoms with van der Waals surface area (Å²) in [7, 11) is 1.54. The van der Waals surface area contributed by atoms with E-state index in [4.69, 9.17) is 14.2 Å². The van der Waals surface area contributed by atoms with Crippen molar-refractivity contribution in [2.24, 2.45) is 0 Å². The fourth-order valence-electron chi connectivity index (χ4n) is 2.46. The number of hydrogen-bond acceptors (Lipinski definition) is 4. The van der Waals surface area contributed by atoms with Crippen molar-refractivity contribution in [2.45, 2.75) is 38.8 Å². The van der Waals surface area contributed by atoms with Crippen molar-refractivity contribution >= 4 is 0 Å². The van der Waals surface area contributed by atoms with Gasteiger partial charge in [-0.1, -0.05) is 6.07 Å². The van der Waals surface area contributed by atoms with Gasteiger partial charge in [0.05, 0.1) is 19.8 Å². The minimum Gasteiger partial charge on any atom is -0.493 e. The van der Waals surface area contributed by atoms with Crippen molar-refractivity contribution in [1.82, 2.24) is 4.90 Å². The molecule has 7 heteroatoms. The van der Waals surface area contributed by atoms with Crippen LogP contribution >= 0.6 is 0 Å².